The van der Waals surface area contributed by atoms with Gasteiger partial charge in [0.1, 0.15) is 0 Å². The van der Waals surface area contributed by atoms with Gasteiger partial charge in [-0.25, -0.2) is 0 Å². The third-order valence-corrected chi connectivity index (χ3v) is 4.04. The van der Waals surface area contributed by atoms with E-state index in [4.69, 9.17) is 0 Å². The van der Waals surface area contributed by atoms with Gasteiger partial charge in [0.25, 0.3) is 5.91 Å². The summed E-state index contributed by atoms with van der Waals surface area (Å²) in [6, 6.07) is 3.71. The first-order valence-corrected chi connectivity index (χ1v) is 6.34. The molecule has 0 aliphatic rings. The van der Waals surface area contributed by atoms with E-state index in [1.54, 1.807) is 11.3 Å². The molecule has 2 heterocycles. The van der Waals surface area contributed by atoms with E-state index in [1.165, 1.54) is 11.3 Å². The van der Waals surface area contributed by atoms with E-state index in [1.807, 2.05) is 31.4 Å². The Kier molecular flexibility index (Phi) is 2.88. The predicted molar refractivity (Wildman–Crippen MR) is 66.1 cm³/mol. The summed E-state index contributed by atoms with van der Waals surface area (Å²) in [5, 5.41) is 6.90. The first-order chi connectivity index (χ1) is 7.18. The highest BCUT2D eigenvalue weighted by Crippen LogP contribution is 2.27. The maximum atomic E-state index is 11.8. The highest BCUT2D eigenvalue weighted by atomic mass is 32.1. The second-order valence-corrected chi connectivity index (χ2v) is 5.31. The van der Waals surface area contributed by atoms with E-state index in [9.17, 15) is 4.79 Å². The first-order valence-electron chi connectivity index (χ1n) is 4.58. The van der Waals surface area contributed by atoms with Crippen molar-refractivity contribution in [2.45, 2.75) is 13.8 Å². The number of carbonyl (C=O) groups excluding carboxylic acids is 1. The zero-order valence-electron chi connectivity index (χ0n) is 8.53. The van der Waals surface area contributed by atoms with Crippen LogP contribution in [0.5, 0.6) is 0 Å². The fourth-order valence-corrected chi connectivity index (χ4v) is 2.76. The Morgan fingerprint density at radius 2 is 2.13 bits per heavy atom. The van der Waals surface area contributed by atoms with Gasteiger partial charge in [0.2, 0.25) is 0 Å². The monoisotopic (exact) mass is 237 g/mol. The molecule has 4 heteroatoms. The molecule has 0 radical (unpaired) electrons. The van der Waals surface area contributed by atoms with E-state index < -0.39 is 0 Å². The fraction of sp³-hybridized carbons (Fsp3) is 0.182. The lowest BCUT2D eigenvalue weighted by Gasteiger charge is -2.04. The van der Waals surface area contributed by atoms with Crippen LogP contribution in [0, 0.1) is 13.8 Å². The molecule has 0 aliphatic carbocycles. The van der Waals surface area contributed by atoms with Crippen molar-refractivity contribution in [2.24, 2.45) is 0 Å². The molecular formula is C11H11NOS2. The van der Waals surface area contributed by atoms with Crippen LogP contribution in [0.3, 0.4) is 0 Å². The lowest BCUT2D eigenvalue weighted by Crippen LogP contribution is -2.10. The van der Waals surface area contributed by atoms with Gasteiger partial charge < -0.3 is 5.32 Å². The average Bonchev–Trinajstić information content (AvgIpc) is 2.82. The second-order valence-electron chi connectivity index (χ2n) is 3.28. The van der Waals surface area contributed by atoms with Crippen LogP contribution in [-0.4, -0.2) is 5.91 Å². The Balaban J connectivity index is 2.20. The van der Waals surface area contributed by atoms with Crippen molar-refractivity contribution in [3.05, 3.63) is 38.2 Å². The van der Waals surface area contributed by atoms with Gasteiger partial charge in [0, 0.05) is 4.88 Å². The van der Waals surface area contributed by atoms with E-state index in [-0.39, 0.29) is 5.91 Å². The molecule has 2 rings (SSSR count). The van der Waals surface area contributed by atoms with Gasteiger partial charge in [0.15, 0.2) is 0 Å². The molecule has 0 fully saturated rings. The summed E-state index contributed by atoms with van der Waals surface area (Å²) in [5.74, 6) is -0.0189. The average molecular weight is 237 g/mol. The van der Waals surface area contributed by atoms with Gasteiger partial charge in [-0.05, 0) is 36.2 Å². The molecule has 0 unspecified atom stereocenters. The molecule has 0 spiro atoms. The molecule has 1 amide bonds. The number of amides is 1. The molecule has 2 aromatic heterocycles. The standard InChI is InChI=1S/C11H11NOS2/c1-7-6-15-8(2)10(7)12-11(13)9-4-3-5-14-9/h3-6H,1-2H3,(H,12,13). The van der Waals surface area contributed by atoms with Gasteiger partial charge in [0.05, 0.1) is 10.6 Å². The molecule has 2 nitrogen and oxygen atoms in total. The molecule has 2 aromatic rings. The zero-order chi connectivity index (χ0) is 10.8. The minimum atomic E-state index is -0.0189. The van der Waals surface area contributed by atoms with E-state index >= 15 is 0 Å². The van der Waals surface area contributed by atoms with Crippen molar-refractivity contribution < 1.29 is 4.79 Å². The summed E-state index contributed by atoms with van der Waals surface area (Å²) in [4.78, 5) is 13.7. The number of hydrogen-bond donors (Lipinski definition) is 1. The molecule has 0 saturated carbocycles. The first kappa shape index (κ1) is 10.4. The third kappa shape index (κ3) is 2.11. The molecule has 1 N–H and O–H groups in total. The van der Waals surface area contributed by atoms with E-state index in [0.717, 1.165) is 21.0 Å². The Bertz CT molecular complexity index is 451. The maximum Gasteiger partial charge on any atom is 0.265 e. The van der Waals surface area contributed by atoms with E-state index in [2.05, 4.69) is 10.7 Å². The van der Waals surface area contributed by atoms with Gasteiger partial charge in [-0.1, -0.05) is 6.07 Å². The number of rotatable bonds is 2. The summed E-state index contributed by atoms with van der Waals surface area (Å²) in [6.45, 7) is 4.02. The molecule has 0 atom stereocenters. The van der Waals surface area contributed by atoms with Crippen LogP contribution in [0.25, 0.3) is 0 Å². The van der Waals surface area contributed by atoms with Gasteiger partial charge in [-0.3, -0.25) is 4.79 Å². The summed E-state index contributed by atoms with van der Waals surface area (Å²) in [5.41, 5.74) is 2.08. The molecule has 0 saturated heterocycles. The number of carbonyl (C=O) groups is 1. The van der Waals surface area contributed by atoms with Crippen LogP contribution in [-0.2, 0) is 0 Å². The second kappa shape index (κ2) is 4.16. The summed E-state index contributed by atoms with van der Waals surface area (Å²) in [6.07, 6.45) is 0. The van der Waals surface area contributed by atoms with Crippen molar-refractivity contribution in [1.82, 2.24) is 0 Å². The fourth-order valence-electron chi connectivity index (χ4n) is 1.34. The van der Waals surface area contributed by atoms with Crippen molar-refractivity contribution in [2.75, 3.05) is 5.32 Å². The topological polar surface area (TPSA) is 29.1 Å². The van der Waals surface area contributed by atoms with Crippen molar-refractivity contribution in [1.29, 1.82) is 0 Å². The van der Waals surface area contributed by atoms with Crippen LogP contribution in [0.1, 0.15) is 20.1 Å². The molecule has 0 bridgehead atoms. The number of nitrogens with one attached hydrogen (secondary N) is 1. The van der Waals surface area contributed by atoms with E-state index in [0.29, 0.717) is 0 Å². The molecule has 0 aromatic carbocycles. The zero-order valence-corrected chi connectivity index (χ0v) is 10.2. The van der Waals surface area contributed by atoms with Gasteiger partial charge in [-0.15, -0.1) is 22.7 Å². The smallest absolute Gasteiger partial charge is 0.265 e. The SMILES string of the molecule is Cc1csc(C)c1NC(=O)c1cccs1. The quantitative estimate of drug-likeness (QED) is 0.848. The molecule has 15 heavy (non-hydrogen) atoms. The Labute approximate surface area is 96.6 Å². The van der Waals surface area contributed by atoms with Crippen LogP contribution < -0.4 is 5.32 Å². The number of anilines is 1. The van der Waals surface area contributed by atoms with Crippen molar-refractivity contribution >= 4 is 34.3 Å². The number of hydrogen-bond acceptors (Lipinski definition) is 3. The van der Waals surface area contributed by atoms with Crippen LogP contribution in [0.4, 0.5) is 5.69 Å². The van der Waals surface area contributed by atoms with Gasteiger partial charge >= 0.3 is 0 Å². The maximum absolute atomic E-state index is 11.8. The van der Waals surface area contributed by atoms with Gasteiger partial charge in [-0.2, -0.15) is 0 Å². The van der Waals surface area contributed by atoms with Crippen LogP contribution in [0.15, 0.2) is 22.9 Å². The van der Waals surface area contributed by atoms with Crippen LogP contribution in [0.2, 0.25) is 0 Å². The van der Waals surface area contributed by atoms with Crippen LogP contribution >= 0.6 is 22.7 Å². The summed E-state index contributed by atoms with van der Waals surface area (Å²) in [7, 11) is 0. The Morgan fingerprint density at radius 3 is 2.67 bits per heavy atom. The minimum absolute atomic E-state index is 0.0189. The molecule has 0 aliphatic heterocycles. The Morgan fingerprint density at radius 1 is 1.33 bits per heavy atom. The predicted octanol–water partition coefficient (Wildman–Crippen LogP) is 3.68. The Hall–Kier alpha value is -1.13. The third-order valence-electron chi connectivity index (χ3n) is 2.14. The summed E-state index contributed by atoms with van der Waals surface area (Å²) < 4.78 is 0. The number of aryl methyl sites for hydroxylation is 2. The highest BCUT2D eigenvalue weighted by Gasteiger charge is 2.11. The summed E-state index contributed by atoms with van der Waals surface area (Å²) >= 11 is 3.11. The van der Waals surface area contributed by atoms with Crippen molar-refractivity contribution in [3.8, 4) is 0 Å². The normalized spacial score (nSPS) is 10.3. The minimum Gasteiger partial charge on any atom is -0.320 e. The lowest BCUT2D eigenvalue weighted by atomic mass is 10.2. The van der Waals surface area contributed by atoms with Crippen molar-refractivity contribution in [3.63, 3.8) is 0 Å². The highest BCUT2D eigenvalue weighted by molar-refractivity contribution is 7.12. The molecular weight excluding hydrogens is 226 g/mol. The lowest BCUT2D eigenvalue weighted by molar-refractivity contribution is 0.103. The molecule has 78 valence electrons. The number of thiophene rings is 2. The largest absolute Gasteiger partial charge is 0.320 e.